The van der Waals surface area contributed by atoms with Crippen LogP contribution in [0.2, 0.25) is 0 Å². The first-order valence-corrected chi connectivity index (χ1v) is 1.75. The lowest BCUT2D eigenvalue weighted by atomic mass is 10.8. The molecule has 4 heteroatoms. The largest absolute Gasteiger partial charge is 0.346 e. The molecule has 0 fully saturated rings. The third kappa shape index (κ3) is 0.734. The summed E-state index contributed by atoms with van der Waals surface area (Å²) in [7, 11) is 0. The van der Waals surface area contributed by atoms with E-state index in [1.807, 2.05) is 0 Å². The second-order valence-electron chi connectivity index (χ2n) is 1.08. The highest BCUT2D eigenvalue weighted by atomic mass is 19.1. The molecule has 0 N–H and O–H groups in total. The van der Waals surface area contributed by atoms with Crippen LogP contribution in [0.1, 0.15) is 5.89 Å². The number of hydrogen-bond acceptors (Lipinski definition) is 3. The SMILES string of the molecule is Cc1nc(F)no1. The van der Waals surface area contributed by atoms with Gasteiger partial charge in [0.25, 0.3) is 0 Å². The summed E-state index contributed by atoms with van der Waals surface area (Å²) in [4.78, 5) is 3.17. The molecule has 3 nitrogen and oxygen atoms in total. The first kappa shape index (κ1) is 4.23. The van der Waals surface area contributed by atoms with Gasteiger partial charge in [-0.2, -0.15) is 9.37 Å². The maximum absolute atomic E-state index is 11.6. The summed E-state index contributed by atoms with van der Waals surface area (Å²) >= 11 is 0. The van der Waals surface area contributed by atoms with Gasteiger partial charge in [0.05, 0.1) is 0 Å². The number of halogens is 1. The van der Waals surface area contributed by atoms with Crippen LogP contribution in [0.3, 0.4) is 0 Å². The van der Waals surface area contributed by atoms with Gasteiger partial charge >= 0.3 is 6.08 Å². The van der Waals surface area contributed by atoms with E-state index in [1.54, 1.807) is 0 Å². The minimum absolute atomic E-state index is 0.248. The highest BCUT2D eigenvalue weighted by Gasteiger charge is 1.94. The summed E-state index contributed by atoms with van der Waals surface area (Å²) in [6.45, 7) is 1.52. The number of hydrogen-bond donors (Lipinski definition) is 0. The molecule has 1 heterocycles. The molecule has 0 amide bonds. The van der Waals surface area contributed by atoms with Crippen LogP contribution in [0, 0.1) is 13.0 Å². The van der Waals surface area contributed by atoms with Crippen molar-refractivity contribution in [3.8, 4) is 0 Å². The van der Waals surface area contributed by atoms with Gasteiger partial charge in [-0.25, -0.2) is 0 Å². The second kappa shape index (κ2) is 1.29. The minimum Gasteiger partial charge on any atom is -0.337 e. The van der Waals surface area contributed by atoms with Crippen molar-refractivity contribution < 1.29 is 8.91 Å². The molecule has 0 aliphatic rings. The topological polar surface area (TPSA) is 38.9 Å². The summed E-state index contributed by atoms with van der Waals surface area (Å²) in [6.07, 6.45) is -0.808. The quantitative estimate of drug-likeness (QED) is 0.479. The van der Waals surface area contributed by atoms with Crippen LogP contribution in [-0.2, 0) is 0 Å². The fourth-order valence-corrected chi connectivity index (χ4v) is 0.274. The number of nitrogens with zero attached hydrogens (tertiary/aromatic N) is 2. The molecular formula is C3H3FN2O. The fourth-order valence-electron chi connectivity index (χ4n) is 0.274. The molecule has 0 bridgehead atoms. The molecule has 7 heavy (non-hydrogen) atoms. The first-order valence-electron chi connectivity index (χ1n) is 1.75. The third-order valence-electron chi connectivity index (χ3n) is 0.503. The lowest BCUT2D eigenvalue weighted by Gasteiger charge is -1.62. The average Bonchev–Trinajstić information content (AvgIpc) is 1.87. The fraction of sp³-hybridized carbons (Fsp3) is 0.333. The Kier molecular flexibility index (Phi) is 0.780. The van der Waals surface area contributed by atoms with Gasteiger partial charge in [0.1, 0.15) is 0 Å². The molecule has 0 aliphatic heterocycles. The highest BCUT2D eigenvalue weighted by molar-refractivity contribution is 4.65. The Balaban J connectivity index is 3.04. The molecule has 1 aromatic rings. The first-order chi connectivity index (χ1) is 3.29. The van der Waals surface area contributed by atoms with Crippen molar-refractivity contribution in [3.05, 3.63) is 12.0 Å². The van der Waals surface area contributed by atoms with Gasteiger partial charge in [-0.3, -0.25) is 0 Å². The molecule has 0 saturated heterocycles. The van der Waals surface area contributed by atoms with E-state index in [-0.39, 0.29) is 5.89 Å². The molecule has 0 saturated carbocycles. The lowest BCUT2D eigenvalue weighted by molar-refractivity contribution is 0.360. The van der Waals surface area contributed by atoms with Crippen molar-refractivity contribution in [2.24, 2.45) is 0 Å². The van der Waals surface area contributed by atoms with Crippen molar-refractivity contribution in [1.29, 1.82) is 0 Å². The predicted molar refractivity (Wildman–Crippen MR) is 19.0 cm³/mol. The van der Waals surface area contributed by atoms with Crippen molar-refractivity contribution in [1.82, 2.24) is 10.1 Å². The Morgan fingerprint density at radius 2 is 2.43 bits per heavy atom. The molecule has 0 spiro atoms. The van der Waals surface area contributed by atoms with Crippen LogP contribution in [0.15, 0.2) is 4.52 Å². The van der Waals surface area contributed by atoms with Gasteiger partial charge in [-0.1, -0.05) is 0 Å². The van der Waals surface area contributed by atoms with Crippen LogP contribution in [-0.4, -0.2) is 10.1 Å². The summed E-state index contributed by atoms with van der Waals surface area (Å²) in [5.41, 5.74) is 0. The van der Waals surface area contributed by atoms with Gasteiger partial charge < -0.3 is 4.52 Å². The molecule has 0 radical (unpaired) electrons. The standard InChI is InChI=1S/C3H3FN2O/c1-2-5-3(4)6-7-2/h1H3. The monoisotopic (exact) mass is 102 g/mol. The average molecular weight is 102 g/mol. The molecule has 1 rings (SSSR count). The Hall–Kier alpha value is -0.930. The molecule has 0 unspecified atom stereocenters. The number of aryl methyl sites for hydroxylation is 1. The highest BCUT2D eigenvalue weighted by Crippen LogP contribution is 1.89. The maximum Gasteiger partial charge on any atom is 0.346 e. The third-order valence-corrected chi connectivity index (χ3v) is 0.503. The van der Waals surface area contributed by atoms with Crippen LogP contribution in [0.4, 0.5) is 4.39 Å². The smallest absolute Gasteiger partial charge is 0.337 e. The van der Waals surface area contributed by atoms with Crippen molar-refractivity contribution in [2.45, 2.75) is 6.92 Å². The van der Waals surface area contributed by atoms with E-state index in [2.05, 4.69) is 14.7 Å². The van der Waals surface area contributed by atoms with E-state index in [0.717, 1.165) is 0 Å². The van der Waals surface area contributed by atoms with Crippen LogP contribution >= 0.6 is 0 Å². The zero-order chi connectivity index (χ0) is 5.28. The molecule has 0 atom stereocenters. The Bertz CT molecular complexity index is 145. The van der Waals surface area contributed by atoms with Gasteiger partial charge in [0, 0.05) is 6.92 Å². The van der Waals surface area contributed by atoms with E-state index in [1.165, 1.54) is 6.92 Å². The van der Waals surface area contributed by atoms with E-state index in [4.69, 9.17) is 0 Å². The van der Waals surface area contributed by atoms with Crippen molar-refractivity contribution in [2.75, 3.05) is 0 Å². The minimum atomic E-state index is -0.808. The number of aromatic nitrogens is 2. The van der Waals surface area contributed by atoms with Gasteiger partial charge in [-0.05, 0) is 5.16 Å². The zero-order valence-corrected chi connectivity index (χ0v) is 3.68. The summed E-state index contributed by atoms with van der Waals surface area (Å²) in [6, 6.07) is 0. The predicted octanol–water partition coefficient (Wildman–Crippen LogP) is 0.517. The van der Waals surface area contributed by atoms with Gasteiger partial charge in [0.15, 0.2) is 0 Å². The Labute approximate surface area is 39.1 Å². The van der Waals surface area contributed by atoms with E-state index in [0.29, 0.717) is 0 Å². The van der Waals surface area contributed by atoms with E-state index >= 15 is 0 Å². The van der Waals surface area contributed by atoms with Gasteiger partial charge in [-0.15, -0.1) is 0 Å². The van der Waals surface area contributed by atoms with E-state index < -0.39 is 6.08 Å². The molecular weight excluding hydrogens is 99.0 g/mol. The maximum atomic E-state index is 11.6. The summed E-state index contributed by atoms with van der Waals surface area (Å²) in [5.74, 6) is 0.248. The summed E-state index contributed by atoms with van der Waals surface area (Å²) < 4.78 is 15.8. The Morgan fingerprint density at radius 1 is 1.71 bits per heavy atom. The van der Waals surface area contributed by atoms with Crippen LogP contribution < -0.4 is 0 Å². The second-order valence-corrected chi connectivity index (χ2v) is 1.08. The van der Waals surface area contributed by atoms with Crippen molar-refractivity contribution in [3.63, 3.8) is 0 Å². The Morgan fingerprint density at radius 3 is 2.57 bits per heavy atom. The lowest BCUT2D eigenvalue weighted by Crippen LogP contribution is -1.71. The molecule has 38 valence electrons. The zero-order valence-electron chi connectivity index (χ0n) is 3.68. The molecule has 1 aromatic heterocycles. The normalized spacial score (nSPS) is 9.43. The number of rotatable bonds is 0. The van der Waals surface area contributed by atoms with Crippen LogP contribution in [0.25, 0.3) is 0 Å². The van der Waals surface area contributed by atoms with E-state index in [9.17, 15) is 4.39 Å². The van der Waals surface area contributed by atoms with Crippen LogP contribution in [0.5, 0.6) is 0 Å². The molecule has 0 aromatic carbocycles. The van der Waals surface area contributed by atoms with Gasteiger partial charge in [0.2, 0.25) is 5.89 Å². The van der Waals surface area contributed by atoms with Crippen molar-refractivity contribution >= 4 is 0 Å². The molecule has 0 aliphatic carbocycles. The summed E-state index contributed by atoms with van der Waals surface area (Å²) in [5, 5.41) is 2.86.